The summed E-state index contributed by atoms with van der Waals surface area (Å²) >= 11 is 0. The molecule has 0 bridgehead atoms. The van der Waals surface area contributed by atoms with Gasteiger partial charge in [0.25, 0.3) is 0 Å². The van der Waals surface area contributed by atoms with Crippen LogP contribution in [0.5, 0.6) is 11.5 Å². The van der Waals surface area contributed by atoms with E-state index < -0.39 is 0 Å². The van der Waals surface area contributed by atoms with Crippen LogP contribution in [-0.4, -0.2) is 19.9 Å². The highest BCUT2D eigenvalue weighted by atomic mass is 16.7. The summed E-state index contributed by atoms with van der Waals surface area (Å²) in [5, 5.41) is 3.41. The Balaban J connectivity index is 1.81. The molecule has 0 radical (unpaired) electrons. The summed E-state index contributed by atoms with van der Waals surface area (Å²) in [7, 11) is 0. The van der Waals surface area contributed by atoms with Crippen LogP contribution in [0.25, 0.3) is 0 Å². The lowest BCUT2D eigenvalue weighted by molar-refractivity contribution is 0.172. The predicted octanol–water partition coefficient (Wildman–Crippen LogP) is 2.27. The van der Waals surface area contributed by atoms with Crippen LogP contribution >= 0.6 is 0 Å². The lowest BCUT2D eigenvalue weighted by Crippen LogP contribution is -2.28. The Kier molecular flexibility index (Phi) is 2.93. The molecule has 1 saturated heterocycles. The first-order valence-electron chi connectivity index (χ1n) is 6.43. The van der Waals surface area contributed by atoms with Gasteiger partial charge in [-0.3, -0.25) is 0 Å². The summed E-state index contributed by atoms with van der Waals surface area (Å²) in [5.41, 5.74) is 2.49. The molecule has 17 heavy (non-hydrogen) atoms. The van der Waals surface area contributed by atoms with Gasteiger partial charge in [0.2, 0.25) is 6.79 Å². The molecule has 0 amide bonds. The van der Waals surface area contributed by atoms with Gasteiger partial charge in [-0.15, -0.1) is 0 Å². The van der Waals surface area contributed by atoms with Gasteiger partial charge >= 0.3 is 0 Å². The molecule has 1 aromatic rings. The van der Waals surface area contributed by atoms with E-state index in [2.05, 4.69) is 24.4 Å². The molecule has 1 N–H and O–H groups in total. The van der Waals surface area contributed by atoms with Crippen molar-refractivity contribution in [1.29, 1.82) is 0 Å². The van der Waals surface area contributed by atoms with E-state index in [0.29, 0.717) is 6.79 Å². The number of rotatable bonds is 2. The van der Waals surface area contributed by atoms with Gasteiger partial charge in [-0.25, -0.2) is 0 Å². The maximum atomic E-state index is 5.61. The van der Waals surface area contributed by atoms with Gasteiger partial charge < -0.3 is 14.8 Å². The van der Waals surface area contributed by atoms with Gasteiger partial charge in [0.1, 0.15) is 0 Å². The van der Waals surface area contributed by atoms with E-state index in [0.717, 1.165) is 36.9 Å². The molecule has 1 fully saturated rings. The molecule has 2 heterocycles. The van der Waals surface area contributed by atoms with Gasteiger partial charge in [0, 0.05) is 0 Å². The van der Waals surface area contributed by atoms with Crippen LogP contribution in [0, 0.1) is 12.8 Å². The first kappa shape index (κ1) is 10.9. The first-order valence-corrected chi connectivity index (χ1v) is 6.43. The minimum absolute atomic E-state index is 0.374. The van der Waals surface area contributed by atoms with Crippen LogP contribution in [0.1, 0.15) is 24.0 Å². The molecule has 0 spiro atoms. The normalized spacial score (nSPS) is 19.6. The minimum Gasteiger partial charge on any atom is -0.453 e. The Morgan fingerprint density at radius 1 is 1.18 bits per heavy atom. The minimum atomic E-state index is 0.374. The third-order valence-electron chi connectivity index (χ3n) is 3.76. The highest BCUT2D eigenvalue weighted by molar-refractivity contribution is 5.53. The van der Waals surface area contributed by atoms with Crippen LogP contribution in [-0.2, 0) is 6.42 Å². The van der Waals surface area contributed by atoms with Gasteiger partial charge in [-0.1, -0.05) is 12.1 Å². The van der Waals surface area contributed by atoms with E-state index in [-0.39, 0.29) is 0 Å². The van der Waals surface area contributed by atoms with Crippen LogP contribution in [0.15, 0.2) is 12.1 Å². The van der Waals surface area contributed by atoms with Crippen molar-refractivity contribution in [3.8, 4) is 11.5 Å². The fraction of sp³-hybridized carbons (Fsp3) is 0.571. The molecule has 2 aliphatic heterocycles. The quantitative estimate of drug-likeness (QED) is 0.850. The van der Waals surface area contributed by atoms with E-state index in [1.165, 1.54) is 24.0 Å². The molecule has 2 aliphatic rings. The van der Waals surface area contributed by atoms with Crippen molar-refractivity contribution in [3.63, 3.8) is 0 Å². The van der Waals surface area contributed by atoms with Gasteiger partial charge in [0.05, 0.1) is 0 Å². The number of nitrogens with one attached hydrogen (secondary N) is 1. The van der Waals surface area contributed by atoms with Crippen molar-refractivity contribution in [1.82, 2.24) is 5.32 Å². The van der Waals surface area contributed by atoms with E-state index in [1.54, 1.807) is 0 Å². The van der Waals surface area contributed by atoms with Gasteiger partial charge in [0.15, 0.2) is 11.5 Å². The van der Waals surface area contributed by atoms with Crippen molar-refractivity contribution in [3.05, 3.63) is 23.3 Å². The zero-order chi connectivity index (χ0) is 11.7. The second kappa shape index (κ2) is 4.57. The van der Waals surface area contributed by atoms with E-state index >= 15 is 0 Å². The van der Waals surface area contributed by atoms with Crippen molar-refractivity contribution in [2.24, 2.45) is 5.92 Å². The average molecular weight is 233 g/mol. The maximum Gasteiger partial charge on any atom is 0.231 e. The van der Waals surface area contributed by atoms with Gasteiger partial charge in [-0.2, -0.15) is 0 Å². The van der Waals surface area contributed by atoms with E-state index in [4.69, 9.17) is 9.47 Å². The highest BCUT2D eigenvalue weighted by Crippen LogP contribution is 2.40. The molecule has 0 saturated carbocycles. The summed E-state index contributed by atoms with van der Waals surface area (Å²) < 4.78 is 11.1. The molecule has 1 aromatic carbocycles. The average Bonchev–Trinajstić information content (AvgIpc) is 2.84. The standard InChI is InChI=1S/C14H19NO2/c1-10-2-3-12(14-13(10)16-9-17-14)8-11-4-6-15-7-5-11/h2-3,11,15H,4-9H2,1H3. The third-order valence-corrected chi connectivity index (χ3v) is 3.76. The third kappa shape index (κ3) is 2.12. The molecule has 0 unspecified atom stereocenters. The lowest BCUT2D eigenvalue weighted by Gasteiger charge is -2.23. The molecule has 92 valence electrons. The van der Waals surface area contributed by atoms with Crippen molar-refractivity contribution in [2.75, 3.05) is 19.9 Å². The number of piperidine rings is 1. The second-order valence-corrected chi connectivity index (χ2v) is 5.00. The molecule has 3 rings (SSSR count). The molecule has 0 aromatic heterocycles. The maximum absolute atomic E-state index is 5.61. The Bertz CT molecular complexity index is 411. The molecule has 0 atom stereocenters. The van der Waals surface area contributed by atoms with Crippen LogP contribution in [0.4, 0.5) is 0 Å². The number of ether oxygens (including phenoxy) is 2. The highest BCUT2D eigenvalue weighted by Gasteiger charge is 2.22. The number of hydrogen-bond acceptors (Lipinski definition) is 3. The summed E-state index contributed by atoms with van der Waals surface area (Å²) in [5.74, 6) is 2.73. The SMILES string of the molecule is Cc1ccc(CC2CCNCC2)c2c1OCO2. The topological polar surface area (TPSA) is 30.5 Å². The number of benzene rings is 1. The molecule has 0 aliphatic carbocycles. The fourth-order valence-electron chi connectivity index (χ4n) is 2.74. The van der Waals surface area contributed by atoms with E-state index in [9.17, 15) is 0 Å². The fourth-order valence-corrected chi connectivity index (χ4v) is 2.74. The Labute approximate surface area is 102 Å². The predicted molar refractivity (Wildman–Crippen MR) is 66.6 cm³/mol. The summed E-state index contributed by atoms with van der Waals surface area (Å²) in [6.07, 6.45) is 3.65. The largest absolute Gasteiger partial charge is 0.453 e. The number of fused-ring (bicyclic) bond motifs is 1. The summed E-state index contributed by atoms with van der Waals surface area (Å²) in [6.45, 7) is 4.74. The van der Waals surface area contributed by atoms with Gasteiger partial charge in [-0.05, 0) is 56.3 Å². The smallest absolute Gasteiger partial charge is 0.231 e. The Morgan fingerprint density at radius 2 is 1.94 bits per heavy atom. The molecule has 3 nitrogen and oxygen atoms in total. The van der Waals surface area contributed by atoms with Crippen molar-refractivity contribution < 1.29 is 9.47 Å². The second-order valence-electron chi connectivity index (χ2n) is 5.00. The van der Waals surface area contributed by atoms with Crippen LogP contribution in [0.3, 0.4) is 0 Å². The molecule has 3 heteroatoms. The van der Waals surface area contributed by atoms with Crippen LogP contribution < -0.4 is 14.8 Å². The number of hydrogen-bond donors (Lipinski definition) is 1. The summed E-state index contributed by atoms with van der Waals surface area (Å²) in [6, 6.07) is 4.34. The lowest BCUT2D eigenvalue weighted by atomic mass is 9.90. The van der Waals surface area contributed by atoms with Crippen molar-refractivity contribution in [2.45, 2.75) is 26.2 Å². The molecular formula is C14H19NO2. The van der Waals surface area contributed by atoms with Crippen LogP contribution in [0.2, 0.25) is 0 Å². The molecular weight excluding hydrogens is 214 g/mol. The summed E-state index contributed by atoms with van der Waals surface area (Å²) in [4.78, 5) is 0. The Morgan fingerprint density at radius 3 is 2.76 bits per heavy atom. The first-order chi connectivity index (χ1) is 8.34. The van der Waals surface area contributed by atoms with E-state index in [1.807, 2.05) is 0 Å². The zero-order valence-corrected chi connectivity index (χ0v) is 10.3. The number of aryl methyl sites for hydroxylation is 1. The monoisotopic (exact) mass is 233 g/mol. The van der Waals surface area contributed by atoms with Crippen molar-refractivity contribution >= 4 is 0 Å². The zero-order valence-electron chi connectivity index (χ0n) is 10.3. The Hall–Kier alpha value is -1.22.